The summed E-state index contributed by atoms with van der Waals surface area (Å²) in [6.07, 6.45) is 3.71. The van der Waals surface area contributed by atoms with E-state index >= 15 is 0 Å². The van der Waals surface area contributed by atoms with Gasteiger partial charge in [-0.05, 0) is 31.3 Å². The van der Waals surface area contributed by atoms with Crippen LogP contribution in [0.5, 0.6) is 5.88 Å². The third-order valence-electron chi connectivity index (χ3n) is 5.33. The van der Waals surface area contributed by atoms with Gasteiger partial charge in [0.15, 0.2) is 0 Å². The minimum Gasteiger partial charge on any atom is -0.480 e. The number of pyridine rings is 1. The van der Waals surface area contributed by atoms with Crippen LogP contribution in [-0.2, 0) is 0 Å². The van der Waals surface area contributed by atoms with E-state index in [0.29, 0.717) is 5.88 Å². The van der Waals surface area contributed by atoms with Gasteiger partial charge in [0.1, 0.15) is 11.4 Å². The summed E-state index contributed by atoms with van der Waals surface area (Å²) < 4.78 is 5.50. The molecule has 0 aliphatic carbocycles. The van der Waals surface area contributed by atoms with E-state index in [-0.39, 0.29) is 0 Å². The third kappa shape index (κ3) is 2.71. The largest absolute Gasteiger partial charge is 0.480 e. The lowest BCUT2D eigenvalue weighted by Crippen LogP contribution is -2.44. The first-order valence-electron chi connectivity index (χ1n) is 9.16. The number of aromatic nitrogens is 4. The number of piperazine rings is 1. The van der Waals surface area contributed by atoms with Crippen molar-refractivity contribution in [3.05, 3.63) is 36.7 Å². The van der Waals surface area contributed by atoms with Crippen molar-refractivity contribution in [3.8, 4) is 17.3 Å². The molecule has 0 radical (unpaired) electrons. The number of anilines is 1. The lowest BCUT2D eigenvalue weighted by Gasteiger charge is -2.34. The topological polar surface area (TPSA) is 73.1 Å². The van der Waals surface area contributed by atoms with Gasteiger partial charge in [-0.2, -0.15) is 0 Å². The zero-order valence-electron chi connectivity index (χ0n) is 15.5. The molecule has 1 aliphatic rings. The van der Waals surface area contributed by atoms with E-state index < -0.39 is 0 Å². The Morgan fingerprint density at radius 2 is 1.96 bits per heavy atom. The summed E-state index contributed by atoms with van der Waals surface area (Å²) in [5, 5.41) is 1.03. The molecule has 3 aromatic heterocycles. The molecule has 1 aromatic carbocycles. The fourth-order valence-corrected chi connectivity index (χ4v) is 3.75. The smallest absolute Gasteiger partial charge is 0.226 e. The molecule has 5 rings (SSSR count). The van der Waals surface area contributed by atoms with Gasteiger partial charge in [0, 0.05) is 49.6 Å². The molecule has 2 N–H and O–H groups in total. The van der Waals surface area contributed by atoms with Crippen molar-refractivity contribution < 1.29 is 4.74 Å². The molecule has 0 spiro atoms. The van der Waals surface area contributed by atoms with Gasteiger partial charge in [0.25, 0.3) is 0 Å². The molecule has 4 heterocycles. The van der Waals surface area contributed by atoms with Crippen LogP contribution in [-0.4, -0.2) is 65.2 Å². The molecule has 138 valence electrons. The van der Waals surface area contributed by atoms with Gasteiger partial charge in [-0.3, -0.25) is 0 Å². The van der Waals surface area contributed by atoms with Crippen LogP contribution in [0.2, 0.25) is 0 Å². The second kappa shape index (κ2) is 6.28. The maximum absolute atomic E-state index is 5.50. The van der Waals surface area contributed by atoms with Gasteiger partial charge in [0.2, 0.25) is 5.88 Å². The van der Waals surface area contributed by atoms with E-state index in [9.17, 15) is 0 Å². The van der Waals surface area contributed by atoms with Gasteiger partial charge < -0.3 is 24.5 Å². The van der Waals surface area contributed by atoms with Crippen LogP contribution in [0.25, 0.3) is 33.3 Å². The number of likely N-dealkylation sites (N-methyl/N-ethyl adjacent to an activating group) is 1. The number of hydrogen-bond acceptors (Lipinski definition) is 5. The molecule has 7 nitrogen and oxygen atoms in total. The second-order valence-electron chi connectivity index (χ2n) is 7.03. The average Bonchev–Trinajstić information content (AvgIpc) is 3.33. The first kappa shape index (κ1) is 16.1. The van der Waals surface area contributed by atoms with Crippen molar-refractivity contribution in [3.63, 3.8) is 0 Å². The predicted octanol–water partition coefficient (Wildman–Crippen LogP) is 2.87. The number of rotatable bonds is 3. The van der Waals surface area contributed by atoms with Crippen molar-refractivity contribution in [1.29, 1.82) is 0 Å². The quantitative estimate of drug-likeness (QED) is 0.586. The molecule has 1 saturated heterocycles. The Morgan fingerprint density at radius 1 is 1.11 bits per heavy atom. The molecule has 7 heteroatoms. The number of ether oxygens (including phenoxy) is 1. The molecule has 27 heavy (non-hydrogen) atoms. The number of nitrogens with one attached hydrogen (secondary N) is 2. The maximum Gasteiger partial charge on any atom is 0.226 e. The number of nitrogens with zero attached hydrogens (tertiary/aromatic N) is 4. The average molecular weight is 362 g/mol. The Labute approximate surface area is 157 Å². The second-order valence-corrected chi connectivity index (χ2v) is 7.03. The standard InChI is InChI=1S/C20H22N6O/c1-25-7-9-26(10-8-25)14-3-4-15-16(11-14)24-19(23-15)17-18-13(5-6-21-18)12-22-20(17)27-2/h3-6,11-12,21H,7-10H2,1-2H3,(H,23,24). The molecule has 0 atom stereocenters. The van der Waals surface area contributed by atoms with Crippen LogP contribution in [0.15, 0.2) is 36.7 Å². The van der Waals surface area contributed by atoms with Gasteiger partial charge in [-0.15, -0.1) is 0 Å². The summed E-state index contributed by atoms with van der Waals surface area (Å²) in [5.41, 5.74) is 5.01. The van der Waals surface area contributed by atoms with E-state index in [4.69, 9.17) is 9.72 Å². The van der Waals surface area contributed by atoms with E-state index in [2.05, 4.69) is 50.0 Å². The highest BCUT2D eigenvalue weighted by Gasteiger charge is 2.18. The summed E-state index contributed by atoms with van der Waals surface area (Å²) in [5.74, 6) is 1.32. The molecule has 1 fully saturated rings. The number of aromatic amines is 2. The highest BCUT2D eigenvalue weighted by molar-refractivity contribution is 5.96. The SMILES string of the molecule is COc1ncc2cc[nH]c2c1-c1nc2cc(N3CCN(C)CC3)ccc2[nH]1. The third-order valence-corrected chi connectivity index (χ3v) is 5.33. The minimum atomic E-state index is 0.559. The zero-order chi connectivity index (χ0) is 18.4. The Morgan fingerprint density at radius 3 is 2.78 bits per heavy atom. The highest BCUT2D eigenvalue weighted by Crippen LogP contribution is 2.34. The molecular formula is C20H22N6O. The Hall–Kier alpha value is -3.06. The minimum absolute atomic E-state index is 0.559. The summed E-state index contributed by atoms with van der Waals surface area (Å²) in [4.78, 5) is 20.8. The maximum atomic E-state index is 5.50. The van der Waals surface area contributed by atoms with E-state index in [1.54, 1.807) is 7.11 Å². The van der Waals surface area contributed by atoms with Crippen molar-refractivity contribution in [2.45, 2.75) is 0 Å². The van der Waals surface area contributed by atoms with Crippen LogP contribution in [0, 0.1) is 0 Å². The van der Waals surface area contributed by atoms with E-state index in [1.165, 1.54) is 5.69 Å². The number of benzene rings is 1. The Kier molecular flexibility index (Phi) is 3.75. The monoisotopic (exact) mass is 362 g/mol. The molecule has 4 aromatic rings. The van der Waals surface area contributed by atoms with Crippen LogP contribution in [0.4, 0.5) is 5.69 Å². The first-order valence-corrected chi connectivity index (χ1v) is 9.16. The summed E-state index contributed by atoms with van der Waals surface area (Å²) in [7, 11) is 3.80. The van der Waals surface area contributed by atoms with Crippen LogP contribution in [0.3, 0.4) is 0 Å². The van der Waals surface area contributed by atoms with E-state index in [1.807, 2.05) is 18.5 Å². The lowest BCUT2D eigenvalue weighted by atomic mass is 10.2. The Bertz CT molecular complexity index is 1110. The predicted molar refractivity (Wildman–Crippen MR) is 107 cm³/mol. The highest BCUT2D eigenvalue weighted by atomic mass is 16.5. The van der Waals surface area contributed by atoms with Gasteiger partial charge in [-0.1, -0.05) is 0 Å². The molecule has 1 aliphatic heterocycles. The fourth-order valence-electron chi connectivity index (χ4n) is 3.75. The van der Waals surface area contributed by atoms with Gasteiger partial charge >= 0.3 is 0 Å². The molecule has 0 saturated carbocycles. The van der Waals surface area contributed by atoms with Gasteiger partial charge in [0.05, 0.1) is 23.7 Å². The van der Waals surface area contributed by atoms with Crippen molar-refractivity contribution in [2.24, 2.45) is 0 Å². The lowest BCUT2D eigenvalue weighted by molar-refractivity contribution is 0.313. The summed E-state index contributed by atoms with van der Waals surface area (Å²) in [6, 6.07) is 8.43. The molecular weight excluding hydrogens is 340 g/mol. The molecule has 0 bridgehead atoms. The van der Waals surface area contributed by atoms with Crippen molar-refractivity contribution in [2.75, 3.05) is 45.2 Å². The fraction of sp³-hybridized carbons (Fsp3) is 0.300. The Balaban J connectivity index is 1.59. The number of H-pyrrole nitrogens is 2. The number of hydrogen-bond donors (Lipinski definition) is 2. The van der Waals surface area contributed by atoms with Crippen molar-refractivity contribution in [1.82, 2.24) is 24.8 Å². The molecule has 0 unspecified atom stereocenters. The van der Waals surface area contributed by atoms with Crippen LogP contribution < -0.4 is 9.64 Å². The van der Waals surface area contributed by atoms with Crippen molar-refractivity contribution >= 4 is 27.6 Å². The number of imidazole rings is 1. The first-order chi connectivity index (χ1) is 13.2. The summed E-state index contributed by atoms with van der Waals surface area (Å²) in [6.45, 7) is 4.25. The number of fused-ring (bicyclic) bond motifs is 2. The van der Waals surface area contributed by atoms with Crippen LogP contribution >= 0.6 is 0 Å². The number of methoxy groups -OCH3 is 1. The molecule has 0 amide bonds. The normalized spacial score (nSPS) is 15.7. The van der Waals surface area contributed by atoms with E-state index in [0.717, 1.165) is 59.5 Å². The zero-order valence-corrected chi connectivity index (χ0v) is 15.5. The van der Waals surface area contributed by atoms with Gasteiger partial charge in [-0.25, -0.2) is 9.97 Å². The van der Waals surface area contributed by atoms with Crippen LogP contribution in [0.1, 0.15) is 0 Å². The summed E-state index contributed by atoms with van der Waals surface area (Å²) >= 11 is 0.